The van der Waals surface area contributed by atoms with Crippen molar-refractivity contribution < 1.29 is 4.39 Å². The summed E-state index contributed by atoms with van der Waals surface area (Å²) in [5, 5.41) is 5.21. The van der Waals surface area contributed by atoms with E-state index in [1.807, 2.05) is 18.5 Å². The highest BCUT2D eigenvalue weighted by Crippen LogP contribution is 2.25. The molecule has 0 aliphatic heterocycles. The smallest absolute Gasteiger partial charge is 0.137 e. The maximum Gasteiger partial charge on any atom is 0.137 e. The number of halogens is 2. The van der Waals surface area contributed by atoms with Crippen molar-refractivity contribution in [3.63, 3.8) is 0 Å². The van der Waals surface area contributed by atoms with Gasteiger partial charge in [0, 0.05) is 5.38 Å². The summed E-state index contributed by atoms with van der Waals surface area (Å²) in [4.78, 5) is 4.28. The number of thiazole rings is 1. The average molecular weight is 315 g/mol. The minimum absolute atomic E-state index is 0.111. The number of hydrogen-bond acceptors (Lipinski definition) is 3. The number of nitrogens with zero attached hydrogens (tertiary/aromatic N) is 1. The van der Waals surface area contributed by atoms with Gasteiger partial charge < -0.3 is 5.32 Å². The van der Waals surface area contributed by atoms with E-state index < -0.39 is 0 Å². The number of aromatic nitrogens is 1. The summed E-state index contributed by atoms with van der Waals surface area (Å²) in [6, 6.07) is 5.21. The van der Waals surface area contributed by atoms with Crippen LogP contribution >= 0.6 is 27.3 Å². The topological polar surface area (TPSA) is 24.9 Å². The van der Waals surface area contributed by atoms with E-state index in [9.17, 15) is 4.39 Å². The Bertz CT molecular complexity index is 487. The molecule has 0 spiro atoms. The third kappa shape index (κ3) is 2.91. The molecule has 1 aromatic carbocycles. The Morgan fingerprint density at radius 1 is 1.53 bits per heavy atom. The molecule has 1 aromatic heterocycles. The second-order valence-corrected chi connectivity index (χ2v) is 5.18. The highest BCUT2D eigenvalue weighted by atomic mass is 79.9. The highest BCUT2D eigenvalue weighted by molar-refractivity contribution is 9.10. The van der Waals surface area contributed by atoms with Crippen LogP contribution in [0.5, 0.6) is 0 Å². The molecule has 17 heavy (non-hydrogen) atoms. The van der Waals surface area contributed by atoms with Crippen LogP contribution in [0.4, 0.5) is 4.39 Å². The van der Waals surface area contributed by atoms with Crippen molar-refractivity contribution in [3.8, 4) is 0 Å². The number of rotatable bonds is 4. The van der Waals surface area contributed by atoms with Crippen molar-refractivity contribution in [1.29, 1.82) is 0 Å². The van der Waals surface area contributed by atoms with Gasteiger partial charge in [0.2, 0.25) is 0 Å². The molecule has 2 aromatic rings. The predicted octanol–water partition coefficient (Wildman–Crippen LogP) is 3.55. The van der Waals surface area contributed by atoms with E-state index in [1.165, 1.54) is 6.07 Å². The first-order chi connectivity index (χ1) is 8.22. The molecule has 0 saturated heterocycles. The molecule has 5 heteroatoms. The zero-order valence-corrected chi connectivity index (χ0v) is 11.7. The third-order valence-electron chi connectivity index (χ3n) is 2.61. The fourth-order valence-corrected chi connectivity index (χ4v) is 2.71. The number of benzene rings is 1. The molecule has 1 N–H and O–H groups in total. The van der Waals surface area contributed by atoms with Gasteiger partial charge in [0.15, 0.2) is 0 Å². The van der Waals surface area contributed by atoms with Crippen LogP contribution in [0.25, 0.3) is 0 Å². The second kappa shape index (κ2) is 5.71. The molecule has 1 heterocycles. The number of hydrogen-bond donors (Lipinski definition) is 1. The lowest BCUT2D eigenvalue weighted by molar-refractivity contribution is 0.570. The van der Waals surface area contributed by atoms with Crippen LogP contribution in [-0.2, 0) is 6.42 Å². The van der Waals surface area contributed by atoms with Crippen molar-refractivity contribution in [3.05, 3.63) is 50.6 Å². The van der Waals surface area contributed by atoms with E-state index in [1.54, 1.807) is 22.9 Å². The van der Waals surface area contributed by atoms with Crippen molar-refractivity contribution in [2.24, 2.45) is 0 Å². The Balaban J connectivity index is 2.22. The number of likely N-dealkylation sites (N-methyl/N-ethyl adjacent to an activating group) is 1. The summed E-state index contributed by atoms with van der Waals surface area (Å²) >= 11 is 4.84. The van der Waals surface area contributed by atoms with Gasteiger partial charge in [0.05, 0.1) is 21.7 Å². The Kier molecular flexibility index (Phi) is 4.25. The van der Waals surface area contributed by atoms with Crippen LogP contribution in [0.1, 0.15) is 17.3 Å². The predicted molar refractivity (Wildman–Crippen MR) is 71.7 cm³/mol. The maximum atomic E-state index is 13.4. The minimum atomic E-state index is -0.226. The van der Waals surface area contributed by atoms with Gasteiger partial charge in [-0.15, -0.1) is 11.3 Å². The first kappa shape index (κ1) is 12.7. The lowest BCUT2D eigenvalue weighted by Gasteiger charge is -2.15. The normalized spacial score (nSPS) is 12.6. The molecular weight excluding hydrogens is 303 g/mol. The van der Waals surface area contributed by atoms with Crippen molar-refractivity contribution in [2.45, 2.75) is 12.5 Å². The summed E-state index contributed by atoms with van der Waals surface area (Å²) in [6.07, 6.45) is 0.707. The first-order valence-corrected chi connectivity index (χ1v) is 6.94. The van der Waals surface area contributed by atoms with Crippen molar-refractivity contribution in [2.75, 3.05) is 7.05 Å². The van der Waals surface area contributed by atoms with Gasteiger partial charge in [-0.3, -0.25) is 0 Å². The molecule has 0 fully saturated rings. The summed E-state index contributed by atoms with van der Waals surface area (Å²) in [5.41, 5.74) is 3.74. The molecule has 2 nitrogen and oxygen atoms in total. The van der Waals surface area contributed by atoms with Gasteiger partial charge in [-0.2, -0.15) is 0 Å². The molecule has 1 unspecified atom stereocenters. The molecule has 0 aliphatic carbocycles. The van der Waals surface area contributed by atoms with Crippen LogP contribution < -0.4 is 5.32 Å². The SMILES string of the molecule is CNC(Cc1cccc(F)c1Br)c1cscn1. The van der Waals surface area contributed by atoms with Crippen molar-refractivity contribution in [1.82, 2.24) is 10.3 Å². The fourth-order valence-electron chi connectivity index (χ4n) is 1.67. The zero-order chi connectivity index (χ0) is 12.3. The van der Waals surface area contributed by atoms with E-state index in [4.69, 9.17) is 0 Å². The van der Waals surface area contributed by atoms with E-state index in [0.29, 0.717) is 10.9 Å². The summed E-state index contributed by atoms with van der Waals surface area (Å²) in [7, 11) is 1.89. The van der Waals surface area contributed by atoms with Crippen LogP contribution in [0.2, 0.25) is 0 Å². The quantitative estimate of drug-likeness (QED) is 0.933. The highest BCUT2D eigenvalue weighted by Gasteiger charge is 2.14. The summed E-state index contributed by atoms with van der Waals surface area (Å²) in [6.45, 7) is 0. The second-order valence-electron chi connectivity index (χ2n) is 3.67. The monoisotopic (exact) mass is 314 g/mol. The number of nitrogens with one attached hydrogen (secondary N) is 1. The zero-order valence-electron chi connectivity index (χ0n) is 9.28. The fraction of sp³-hybridized carbons (Fsp3) is 0.250. The van der Waals surface area contributed by atoms with Gasteiger partial charge in [0.25, 0.3) is 0 Å². The van der Waals surface area contributed by atoms with Gasteiger partial charge in [-0.1, -0.05) is 12.1 Å². The van der Waals surface area contributed by atoms with Crippen LogP contribution in [-0.4, -0.2) is 12.0 Å². The lowest BCUT2D eigenvalue weighted by atomic mass is 10.0. The standard InChI is InChI=1S/C12H12BrFN2S/c1-15-10(11-6-17-7-16-11)5-8-3-2-4-9(14)12(8)13/h2-4,6-7,10,15H,5H2,1H3. The Morgan fingerprint density at radius 3 is 3.00 bits per heavy atom. The summed E-state index contributed by atoms with van der Waals surface area (Å²) in [5.74, 6) is -0.226. The first-order valence-electron chi connectivity index (χ1n) is 5.20. The van der Waals surface area contributed by atoms with E-state index in [2.05, 4.69) is 26.2 Å². The van der Waals surface area contributed by atoms with Gasteiger partial charge in [-0.05, 0) is 41.0 Å². The molecule has 0 radical (unpaired) electrons. The molecule has 90 valence electrons. The average Bonchev–Trinajstić information content (AvgIpc) is 2.85. The van der Waals surface area contributed by atoms with Crippen LogP contribution in [0, 0.1) is 5.82 Å². The molecule has 0 amide bonds. The van der Waals surface area contributed by atoms with E-state index in [-0.39, 0.29) is 11.9 Å². The largest absolute Gasteiger partial charge is 0.311 e. The van der Waals surface area contributed by atoms with Crippen LogP contribution in [0.3, 0.4) is 0 Å². The summed E-state index contributed by atoms with van der Waals surface area (Å²) < 4.78 is 13.9. The van der Waals surface area contributed by atoms with Crippen LogP contribution in [0.15, 0.2) is 33.6 Å². The maximum absolute atomic E-state index is 13.4. The lowest BCUT2D eigenvalue weighted by Crippen LogP contribution is -2.19. The van der Waals surface area contributed by atoms with Crippen molar-refractivity contribution >= 4 is 27.3 Å². The Labute approximate surface area is 112 Å². The molecule has 0 saturated carbocycles. The molecule has 0 aliphatic rings. The van der Waals surface area contributed by atoms with Gasteiger partial charge in [-0.25, -0.2) is 9.37 Å². The van der Waals surface area contributed by atoms with E-state index >= 15 is 0 Å². The molecule has 1 atom stereocenters. The molecule has 0 bridgehead atoms. The molecule has 2 rings (SSSR count). The Hall–Kier alpha value is -0.780. The molecular formula is C12H12BrFN2S. The Morgan fingerprint density at radius 2 is 2.35 bits per heavy atom. The van der Waals surface area contributed by atoms with Gasteiger partial charge in [0.1, 0.15) is 5.82 Å². The third-order valence-corrected chi connectivity index (χ3v) is 4.11. The van der Waals surface area contributed by atoms with E-state index in [0.717, 1.165) is 11.3 Å². The van der Waals surface area contributed by atoms with Gasteiger partial charge >= 0.3 is 0 Å². The minimum Gasteiger partial charge on any atom is -0.311 e.